The maximum atomic E-state index is 13.0. The van der Waals surface area contributed by atoms with Crippen LogP contribution < -0.4 is 4.72 Å². The molecule has 2 aromatic rings. The minimum absolute atomic E-state index is 0.00815. The number of fused-ring (bicyclic) bond motifs is 1. The van der Waals surface area contributed by atoms with E-state index in [9.17, 15) is 13.2 Å². The molecule has 0 spiro atoms. The second-order valence-corrected chi connectivity index (χ2v) is 11.1. The van der Waals surface area contributed by atoms with Crippen LogP contribution in [-0.2, 0) is 15.4 Å². The lowest BCUT2D eigenvalue weighted by Gasteiger charge is -2.25. The van der Waals surface area contributed by atoms with Crippen molar-refractivity contribution >= 4 is 27.3 Å². The van der Waals surface area contributed by atoms with Crippen LogP contribution in [0.15, 0.2) is 16.7 Å². The molecule has 2 aliphatic rings. The summed E-state index contributed by atoms with van der Waals surface area (Å²) in [7, 11) is -3.30. The fourth-order valence-electron chi connectivity index (χ4n) is 4.49. The molecule has 3 atom stereocenters. The Morgan fingerprint density at radius 3 is 2.82 bits per heavy atom. The van der Waals surface area contributed by atoms with E-state index < -0.39 is 15.4 Å². The summed E-state index contributed by atoms with van der Waals surface area (Å²) >= 11 is 1.49. The lowest BCUT2D eigenvalue weighted by molar-refractivity contribution is 0.0778. The van der Waals surface area contributed by atoms with Crippen molar-refractivity contribution in [1.82, 2.24) is 19.8 Å². The third-order valence-corrected chi connectivity index (χ3v) is 8.23. The first-order valence-electron chi connectivity index (χ1n) is 9.39. The first kappa shape index (κ1) is 19.5. The summed E-state index contributed by atoms with van der Waals surface area (Å²) in [6.07, 6.45) is 1.19. The summed E-state index contributed by atoms with van der Waals surface area (Å²) in [6.45, 7) is 6.38. The molecule has 2 fully saturated rings. The molecule has 1 aliphatic heterocycles. The van der Waals surface area contributed by atoms with Crippen molar-refractivity contribution in [2.75, 3.05) is 18.8 Å². The molecule has 1 aliphatic carbocycles. The SMILES string of the molecule is CCS(=O)(=O)N[C@@H]1C[C@H]2CN(C(=O)c3ccc(C)s3)C[C@@]2(c2nc(C)no2)C1. The van der Waals surface area contributed by atoms with Crippen LogP contribution in [0.1, 0.15) is 46.0 Å². The quantitative estimate of drug-likeness (QED) is 0.785. The number of hydrogen-bond donors (Lipinski definition) is 1. The molecule has 1 N–H and O–H groups in total. The van der Waals surface area contributed by atoms with E-state index in [-0.39, 0.29) is 23.6 Å². The number of thiophene rings is 1. The van der Waals surface area contributed by atoms with Gasteiger partial charge in [-0.15, -0.1) is 11.3 Å². The Morgan fingerprint density at radius 2 is 2.21 bits per heavy atom. The van der Waals surface area contributed by atoms with Crippen LogP contribution in [0.3, 0.4) is 0 Å². The molecule has 0 radical (unpaired) electrons. The van der Waals surface area contributed by atoms with E-state index in [0.29, 0.717) is 37.6 Å². The lowest BCUT2D eigenvalue weighted by atomic mass is 9.80. The molecule has 0 unspecified atom stereocenters. The molecule has 1 saturated heterocycles. The van der Waals surface area contributed by atoms with Gasteiger partial charge in [-0.1, -0.05) is 5.16 Å². The third kappa shape index (κ3) is 3.37. The molecular weight excluding hydrogens is 400 g/mol. The van der Waals surface area contributed by atoms with Crippen molar-refractivity contribution in [3.63, 3.8) is 0 Å². The number of sulfonamides is 1. The topological polar surface area (TPSA) is 105 Å². The average molecular weight is 425 g/mol. The van der Waals surface area contributed by atoms with Crippen LogP contribution in [0.4, 0.5) is 0 Å². The van der Waals surface area contributed by atoms with E-state index in [1.165, 1.54) is 11.3 Å². The Hall–Kier alpha value is -1.78. The molecule has 28 heavy (non-hydrogen) atoms. The van der Waals surface area contributed by atoms with Gasteiger partial charge >= 0.3 is 0 Å². The number of carbonyl (C=O) groups is 1. The number of nitrogens with zero attached hydrogens (tertiary/aromatic N) is 3. The van der Waals surface area contributed by atoms with Gasteiger partial charge in [-0.3, -0.25) is 4.79 Å². The van der Waals surface area contributed by atoms with E-state index in [1.54, 1.807) is 13.8 Å². The van der Waals surface area contributed by atoms with Gasteiger partial charge in [0.1, 0.15) is 0 Å². The van der Waals surface area contributed by atoms with Crippen LogP contribution in [0.5, 0.6) is 0 Å². The molecule has 1 saturated carbocycles. The van der Waals surface area contributed by atoms with Gasteiger partial charge in [-0.2, -0.15) is 4.98 Å². The first-order chi connectivity index (χ1) is 13.2. The fourth-order valence-corrected chi connectivity index (χ4v) is 6.18. The Morgan fingerprint density at radius 1 is 1.43 bits per heavy atom. The largest absolute Gasteiger partial charge is 0.339 e. The van der Waals surface area contributed by atoms with Crippen molar-refractivity contribution in [2.45, 2.75) is 45.1 Å². The molecule has 8 nitrogen and oxygen atoms in total. The Kier molecular flexibility index (Phi) is 4.83. The van der Waals surface area contributed by atoms with Crippen LogP contribution >= 0.6 is 11.3 Å². The molecule has 10 heteroatoms. The van der Waals surface area contributed by atoms with E-state index in [1.807, 2.05) is 24.0 Å². The number of carbonyl (C=O) groups excluding carboxylic acids is 1. The predicted octanol–water partition coefficient (Wildman–Crippen LogP) is 1.86. The third-order valence-electron chi connectivity index (χ3n) is 5.79. The Bertz CT molecular complexity index is 999. The van der Waals surface area contributed by atoms with E-state index >= 15 is 0 Å². The highest BCUT2D eigenvalue weighted by molar-refractivity contribution is 7.89. The number of aromatic nitrogens is 2. The smallest absolute Gasteiger partial charge is 0.263 e. The molecule has 0 aromatic carbocycles. The van der Waals surface area contributed by atoms with Crippen LogP contribution in [0, 0.1) is 19.8 Å². The van der Waals surface area contributed by atoms with Crippen LogP contribution in [-0.4, -0.2) is 54.2 Å². The summed E-state index contributed by atoms with van der Waals surface area (Å²) in [6, 6.07) is 3.61. The van der Waals surface area contributed by atoms with Crippen LogP contribution in [0.2, 0.25) is 0 Å². The summed E-state index contributed by atoms with van der Waals surface area (Å²) in [5, 5.41) is 3.94. The van der Waals surface area contributed by atoms with Gasteiger partial charge in [0.15, 0.2) is 5.82 Å². The van der Waals surface area contributed by atoms with Crippen LogP contribution in [0.25, 0.3) is 0 Å². The van der Waals surface area contributed by atoms with Gasteiger partial charge in [0, 0.05) is 24.0 Å². The summed E-state index contributed by atoms with van der Waals surface area (Å²) in [5.41, 5.74) is -0.510. The van der Waals surface area contributed by atoms with Gasteiger partial charge in [0.25, 0.3) is 5.91 Å². The molecule has 3 heterocycles. The Balaban J connectivity index is 1.62. The lowest BCUT2D eigenvalue weighted by Crippen LogP contribution is -2.39. The van der Waals surface area contributed by atoms with Gasteiger partial charge in [-0.05, 0) is 51.7 Å². The number of likely N-dealkylation sites (tertiary alicyclic amines) is 1. The predicted molar refractivity (Wildman–Crippen MR) is 105 cm³/mol. The number of nitrogens with one attached hydrogen (secondary N) is 1. The van der Waals surface area contributed by atoms with Crippen molar-refractivity contribution in [2.24, 2.45) is 5.92 Å². The minimum atomic E-state index is -3.30. The minimum Gasteiger partial charge on any atom is -0.339 e. The van der Waals surface area contributed by atoms with Gasteiger partial charge < -0.3 is 9.42 Å². The monoisotopic (exact) mass is 424 g/mol. The summed E-state index contributed by atoms with van der Waals surface area (Å²) < 4.78 is 32.4. The highest BCUT2D eigenvalue weighted by Gasteiger charge is 2.58. The molecule has 1 amide bonds. The second kappa shape index (κ2) is 6.93. The van der Waals surface area contributed by atoms with Crippen molar-refractivity contribution in [3.05, 3.63) is 33.6 Å². The highest BCUT2D eigenvalue weighted by atomic mass is 32.2. The summed E-state index contributed by atoms with van der Waals surface area (Å²) in [4.78, 5) is 21.1. The molecule has 152 valence electrons. The first-order valence-corrected chi connectivity index (χ1v) is 11.9. The number of aryl methyl sites for hydroxylation is 2. The van der Waals surface area contributed by atoms with E-state index in [2.05, 4.69) is 14.9 Å². The van der Waals surface area contributed by atoms with E-state index in [4.69, 9.17) is 4.52 Å². The maximum absolute atomic E-state index is 13.0. The van der Waals surface area contributed by atoms with Gasteiger partial charge in [0.05, 0.1) is 16.0 Å². The fraction of sp³-hybridized carbons (Fsp3) is 0.611. The van der Waals surface area contributed by atoms with E-state index in [0.717, 1.165) is 9.75 Å². The van der Waals surface area contributed by atoms with Crippen molar-refractivity contribution in [3.8, 4) is 0 Å². The zero-order valence-corrected chi connectivity index (χ0v) is 17.8. The molecule has 0 bridgehead atoms. The normalized spacial score (nSPS) is 27.3. The van der Waals surface area contributed by atoms with Crippen molar-refractivity contribution < 1.29 is 17.7 Å². The van der Waals surface area contributed by atoms with Gasteiger partial charge in [0.2, 0.25) is 15.9 Å². The highest BCUT2D eigenvalue weighted by Crippen LogP contribution is 2.50. The van der Waals surface area contributed by atoms with Crippen molar-refractivity contribution in [1.29, 1.82) is 0 Å². The average Bonchev–Trinajstić information content (AvgIpc) is 3.37. The number of amides is 1. The second-order valence-electron chi connectivity index (χ2n) is 7.75. The molecular formula is C18H24N4O4S2. The van der Waals surface area contributed by atoms with Gasteiger partial charge in [-0.25, -0.2) is 13.1 Å². The molecule has 2 aromatic heterocycles. The summed E-state index contributed by atoms with van der Waals surface area (Å²) in [5.74, 6) is 1.17. The maximum Gasteiger partial charge on any atom is 0.263 e. The molecule has 4 rings (SSSR count). The zero-order valence-electron chi connectivity index (χ0n) is 16.1. The Labute approximate surface area is 168 Å². The number of rotatable bonds is 5. The zero-order chi connectivity index (χ0) is 20.1. The number of hydrogen-bond acceptors (Lipinski definition) is 7. The standard InChI is InChI=1S/C18H24N4O4S2/c1-4-28(24,25)21-14-7-13-9-22(16(23)15-6-5-11(2)27-15)10-18(13,8-14)17-19-12(3)20-26-17/h5-6,13-14,21H,4,7-10H2,1-3H3/t13-,14+,18-/m0/s1.